The second-order valence-corrected chi connectivity index (χ2v) is 6.11. The summed E-state index contributed by atoms with van der Waals surface area (Å²) >= 11 is 6.14. The Balaban J connectivity index is 1.90. The molecule has 2 rings (SSSR count). The molecule has 0 bridgehead atoms. The van der Waals surface area contributed by atoms with E-state index in [0.717, 1.165) is 11.6 Å². The standard InChI is InChI=1S/C18H19ClF2N2O/c1-11(14-5-3-4-6-16(14)19)22-10-18(24)23-12(2)15-8-7-13(20)9-17(15)21/h3-9,11-12,22H,10H2,1-2H3,(H,23,24)/p+1/t11-,12+/m1/s1. The molecule has 0 aliphatic rings. The first kappa shape index (κ1) is 18.4. The van der Waals surface area contributed by atoms with Crippen LogP contribution in [-0.2, 0) is 4.79 Å². The first-order valence-electron chi connectivity index (χ1n) is 7.70. The SMILES string of the molecule is C[C@H](NC(=O)C[NH2+][C@H](C)c1ccccc1Cl)c1ccc(F)cc1F. The van der Waals surface area contributed by atoms with Crippen molar-refractivity contribution in [3.05, 3.63) is 70.2 Å². The molecule has 24 heavy (non-hydrogen) atoms. The van der Waals surface area contributed by atoms with Gasteiger partial charge in [-0.3, -0.25) is 4.79 Å². The molecule has 2 aromatic rings. The molecule has 3 N–H and O–H groups in total. The molecule has 0 saturated carbocycles. The van der Waals surface area contributed by atoms with Gasteiger partial charge in [0.1, 0.15) is 17.7 Å². The van der Waals surface area contributed by atoms with E-state index in [1.54, 1.807) is 13.0 Å². The summed E-state index contributed by atoms with van der Waals surface area (Å²) in [6.07, 6.45) is 0. The smallest absolute Gasteiger partial charge is 0.275 e. The molecule has 0 aliphatic carbocycles. The maximum Gasteiger partial charge on any atom is 0.275 e. The Morgan fingerprint density at radius 3 is 2.54 bits per heavy atom. The van der Waals surface area contributed by atoms with Crippen LogP contribution in [0.2, 0.25) is 5.02 Å². The molecule has 6 heteroatoms. The normalized spacial score (nSPS) is 13.4. The van der Waals surface area contributed by atoms with Gasteiger partial charge in [0.25, 0.3) is 5.91 Å². The lowest BCUT2D eigenvalue weighted by molar-refractivity contribution is -0.682. The second-order valence-electron chi connectivity index (χ2n) is 5.71. The first-order chi connectivity index (χ1) is 11.4. The Morgan fingerprint density at radius 1 is 1.17 bits per heavy atom. The van der Waals surface area contributed by atoms with Gasteiger partial charge in [0.05, 0.1) is 6.04 Å². The average Bonchev–Trinajstić information content (AvgIpc) is 2.52. The number of nitrogens with two attached hydrogens (primary N) is 1. The summed E-state index contributed by atoms with van der Waals surface area (Å²) in [4.78, 5) is 12.1. The number of halogens is 3. The minimum Gasteiger partial charge on any atom is -0.345 e. The van der Waals surface area contributed by atoms with Crippen LogP contribution in [0.1, 0.15) is 37.1 Å². The molecule has 128 valence electrons. The van der Waals surface area contributed by atoms with Crippen LogP contribution < -0.4 is 10.6 Å². The van der Waals surface area contributed by atoms with Crippen LogP contribution in [-0.4, -0.2) is 12.5 Å². The summed E-state index contributed by atoms with van der Waals surface area (Å²) in [6, 6.07) is 10.3. The number of benzene rings is 2. The number of rotatable bonds is 6. The highest BCUT2D eigenvalue weighted by molar-refractivity contribution is 6.31. The van der Waals surface area contributed by atoms with Gasteiger partial charge in [0.2, 0.25) is 0 Å². The van der Waals surface area contributed by atoms with Crippen LogP contribution in [0.4, 0.5) is 8.78 Å². The summed E-state index contributed by atoms with van der Waals surface area (Å²) in [5, 5.41) is 5.22. The number of nitrogens with one attached hydrogen (secondary N) is 1. The van der Waals surface area contributed by atoms with Crippen LogP contribution in [0.25, 0.3) is 0 Å². The molecular weight excluding hydrogens is 334 g/mol. The highest BCUT2D eigenvalue weighted by atomic mass is 35.5. The Morgan fingerprint density at radius 2 is 1.88 bits per heavy atom. The van der Waals surface area contributed by atoms with E-state index in [0.29, 0.717) is 5.02 Å². The van der Waals surface area contributed by atoms with Crippen molar-refractivity contribution in [2.24, 2.45) is 0 Å². The predicted octanol–water partition coefficient (Wildman–Crippen LogP) is 3.12. The first-order valence-corrected chi connectivity index (χ1v) is 8.08. The van der Waals surface area contributed by atoms with E-state index < -0.39 is 17.7 Å². The van der Waals surface area contributed by atoms with Crippen LogP contribution in [0, 0.1) is 11.6 Å². The van der Waals surface area contributed by atoms with Crippen molar-refractivity contribution in [1.82, 2.24) is 5.32 Å². The van der Waals surface area contributed by atoms with Crippen LogP contribution >= 0.6 is 11.6 Å². The van der Waals surface area contributed by atoms with Crippen LogP contribution in [0.15, 0.2) is 42.5 Å². The molecule has 0 fully saturated rings. The highest BCUT2D eigenvalue weighted by Gasteiger charge is 2.17. The van der Waals surface area contributed by atoms with Crippen molar-refractivity contribution in [1.29, 1.82) is 0 Å². The molecule has 2 aromatic carbocycles. The number of quaternary nitrogens is 1. The quantitative estimate of drug-likeness (QED) is 0.823. The molecule has 0 saturated heterocycles. The van der Waals surface area contributed by atoms with Crippen LogP contribution in [0.3, 0.4) is 0 Å². The topological polar surface area (TPSA) is 45.7 Å². The second kappa shape index (κ2) is 8.22. The molecule has 2 atom stereocenters. The number of hydrogen-bond donors (Lipinski definition) is 2. The monoisotopic (exact) mass is 353 g/mol. The summed E-state index contributed by atoms with van der Waals surface area (Å²) < 4.78 is 26.7. The Hall–Kier alpha value is -1.98. The van der Waals surface area contributed by atoms with Crippen molar-refractivity contribution >= 4 is 17.5 Å². The zero-order chi connectivity index (χ0) is 17.7. The minimum absolute atomic E-state index is 0.0160. The van der Waals surface area contributed by atoms with Gasteiger partial charge in [-0.05, 0) is 26.0 Å². The summed E-state index contributed by atoms with van der Waals surface area (Å²) in [7, 11) is 0. The summed E-state index contributed by atoms with van der Waals surface area (Å²) in [6.45, 7) is 3.79. The fourth-order valence-corrected chi connectivity index (χ4v) is 2.79. The minimum atomic E-state index is -0.670. The molecule has 0 unspecified atom stereocenters. The lowest BCUT2D eigenvalue weighted by Crippen LogP contribution is -2.87. The molecule has 3 nitrogen and oxygen atoms in total. The Kier molecular flexibility index (Phi) is 6.29. The van der Waals surface area contributed by atoms with Crippen molar-refractivity contribution in [3.63, 3.8) is 0 Å². The predicted molar refractivity (Wildman–Crippen MR) is 89.6 cm³/mol. The summed E-state index contributed by atoms with van der Waals surface area (Å²) in [5.41, 5.74) is 1.20. The van der Waals surface area contributed by atoms with Gasteiger partial charge in [-0.15, -0.1) is 0 Å². The van der Waals surface area contributed by atoms with E-state index in [1.165, 1.54) is 12.1 Å². The van der Waals surface area contributed by atoms with Gasteiger partial charge in [-0.1, -0.05) is 35.9 Å². The largest absolute Gasteiger partial charge is 0.345 e. The lowest BCUT2D eigenvalue weighted by Gasteiger charge is -2.16. The van der Waals surface area contributed by atoms with E-state index in [1.807, 2.05) is 30.4 Å². The zero-order valence-electron chi connectivity index (χ0n) is 13.5. The van der Waals surface area contributed by atoms with E-state index >= 15 is 0 Å². The maximum atomic E-state index is 13.7. The number of amides is 1. The van der Waals surface area contributed by atoms with Crippen molar-refractivity contribution in [3.8, 4) is 0 Å². The lowest BCUT2D eigenvalue weighted by atomic mass is 10.1. The van der Waals surface area contributed by atoms with E-state index in [9.17, 15) is 13.6 Å². The molecular formula is C18H20ClF2N2O+. The van der Waals surface area contributed by atoms with Crippen molar-refractivity contribution in [2.75, 3.05) is 6.54 Å². The van der Waals surface area contributed by atoms with E-state index in [4.69, 9.17) is 11.6 Å². The highest BCUT2D eigenvalue weighted by Crippen LogP contribution is 2.19. The average molecular weight is 354 g/mol. The molecule has 0 aromatic heterocycles. The molecule has 0 spiro atoms. The molecule has 1 amide bonds. The fraction of sp³-hybridized carbons (Fsp3) is 0.278. The van der Waals surface area contributed by atoms with Gasteiger partial charge in [0.15, 0.2) is 6.54 Å². The zero-order valence-corrected chi connectivity index (χ0v) is 14.3. The summed E-state index contributed by atoms with van der Waals surface area (Å²) in [5.74, 6) is -1.54. The maximum absolute atomic E-state index is 13.7. The van der Waals surface area contributed by atoms with Crippen LogP contribution in [0.5, 0.6) is 0 Å². The third kappa shape index (κ3) is 4.76. The van der Waals surface area contributed by atoms with Gasteiger partial charge in [0, 0.05) is 22.2 Å². The number of carbonyl (C=O) groups excluding carboxylic acids is 1. The van der Waals surface area contributed by atoms with Gasteiger partial charge >= 0.3 is 0 Å². The van der Waals surface area contributed by atoms with Crippen molar-refractivity contribution in [2.45, 2.75) is 25.9 Å². The van der Waals surface area contributed by atoms with Gasteiger partial charge in [-0.2, -0.15) is 0 Å². The van der Waals surface area contributed by atoms with E-state index in [2.05, 4.69) is 5.32 Å². The Labute approximate surface area is 145 Å². The van der Waals surface area contributed by atoms with Gasteiger partial charge in [-0.25, -0.2) is 8.78 Å². The van der Waals surface area contributed by atoms with Gasteiger partial charge < -0.3 is 10.6 Å². The molecule has 0 heterocycles. The third-order valence-electron chi connectivity index (χ3n) is 3.86. The number of carbonyl (C=O) groups is 1. The molecule has 0 radical (unpaired) electrons. The molecule has 0 aliphatic heterocycles. The van der Waals surface area contributed by atoms with E-state index in [-0.39, 0.29) is 24.1 Å². The number of hydrogen-bond acceptors (Lipinski definition) is 1. The fourth-order valence-electron chi connectivity index (χ4n) is 2.49. The Bertz CT molecular complexity index is 724. The third-order valence-corrected chi connectivity index (χ3v) is 4.20. The van der Waals surface area contributed by atoms with Crippen molar-refractivity contribution < 1.29 is 18.9 Å².